The first kappa shape index (κ1) is 132. The van der Waals surface area contributed by atoms with E-state index in [2.05, 4.69) is 52.5 Å². The summed E-state index contributed by atoms with van der Waals surface area (Å²) in [5.41, 5.74) is 5.33. The average molecular weight is 2040 g/mol. The maximum atomic E-state index is 13.2. The van der Waals surface area contributed by atoms with Gasteiger partial charge < -0.3 is 117 Å². The van der Waals surface area contributed by atoms with Gasteiger partial charge in [0.1, 0.15) is 43.8 Å². The normalized spacial score (nSPS) is 12.3. The molecule has 0 aliphatic rings. The fraction of sp³-hybridized carbons (Fsp3) is 0.802. The van der Waals surface area contributed by atoms with E-state index in [4.69, 9.17) is 58.9 Å². The molecule has 0 aromatic carbocycles. The smallest absolute Gasteiger partial charge is 0.306 e. The number of unbranched alkanes of at least 4 members (excludes halogenated alkanes) is 27. The molecular weight excluding hydrogens is 1860 g/mol. The van der Waals surface area contributed by atoms with Crippen molar-refractivity contribution in [3.05, 3.63) is 18.2 Å². The molecule has 820 valence electrons. The highest BCUT2D eigenvalue weighted by Gasteiger charge is 2.33. The molecule has 0 spiro atoms. The third-order valence-electron chi connectivity index (χ3n) is 23.7. The van der Waals surface area contributed by atoms with Gasteiger partial charge in [-0.1, -0.05) is 154 Å². The molecule has 16 N–H and O–H groups in total. The van der Waals surface area contributed by atoms with Crippen molar-refractivity contribution in [3.63, 3.8) is 0 Å². The van der Waals surface area contributed by atoms with E-state index in [0.717, 1.165) is 103 Å². The SMILES string of the molecule is CC(C)(NC(=O)[C@@H](N)Cc1cnc[nH]1)C(=O)CN[C@@H](CCCCNC(=O)COCCOCCNC(=O)COCCOCCCC(=O)COCCOCCNC(=O)COCCOCCNC(=O)CN(CCCNC(=O)CC[C@H](CC(=O)CCCCCCCCCCCCCCCCC(=O)O)C(=O)O)CCCNC(=O)CC[C@H](CC(=O)CCCCCCCCCCCCCCCCC(=O)O)C(=O)O)C(=O)CCC(=O)O. The van der Waals surface area contributed by atoms with Crippen molar-refractivity contribution in [2.75, 3.05) is 171 Å². The number of aromatic nitrogens is 2. The minimum absolute atomic E-state index is 0.00337. The number of aliphatic carboxylic acids is 5. The predicted octanol–water partition coefficient (Wildman–Crippen LogP) is 8.10. The van der Waals surface area contributed by atoms with Crippen molar-refractivity contribution in [1.82, 2.24) is 57.4 Å². The van der Waals surface area contributed by atoms with Crippen LogP contribution in [-0.4, -0.2) is 329 Å². The van der Waals surface area contributed by atoms with Crippen molar-refractivity contribution in [2.24, 2.45) is 17.6 Å². The zero-order valence-corrected chi connectivity index (χ0v) is 85.7. The number of hydrogen-bond donors (Lipinski definition) is 15. The molecule has 0 saturated carbocycles. The summed E-state index contributed by atoms with van der Waals surface area (Å²) >= 11 is 0. The molecular formula is C101H176N12O30. The van der Waals surface area contributed by atoms with Gasteiger partial charge in [0.15, 0.2) is 11.6 Å². The van der Waals surface area contributed by atoms with Gasteiger partial charge in [-0.2, -0.15) is 0 Å². The molecule has 0 radical (unpaired) electrons. The van der Waals surface area contributed by atoms with Crippen molar-refractivity contribution in [3.8, 4) is 0 Å². The van der Waals surface area contributed by atoms with Crippen molar-refractivity contribution >= 4 is 100 Å². The first-order chi connectivity index (χ1) is 68.9. The van der Waals surface area contributed by atoms with Crippen LogP contribution in [0.25, 0.3) is 0 Å². The number of ketones is 5. The van der Waals surface area contributed by atoms with E-state index in [-0.39, 0.29) is 294 Å². The molecule has 0 aliphatic heterocycles. The third kappa shape index (κ3) is 83.6. The fourth-order valence-corrected chi connectivity index (χ4v) is 15.3. The summed E-state index contributed by atoms with van der Waals surface area (Å²) in [7, 11) is 0. The minimum atomic E-state index is -1.34. The van der Waals surface area contributed by atoms with Crippen molar-refractivity contribution < 1.29 is 145 Å². The number of H-pyrrole nitrogens is 1. The highest BCUT2D eigenvalue weighted by atomic mass is 16.5. The summed E-state index contributed by atoms with van der Waals surface area (Å²) < 4.78 is 43.6. The molecule has 0 unspecified atom stereocenters. The fourth-order valence-electron chi connectivity index (χ4n) is 15.3. The summed E-state index contributed by atoms with van der Waals surface area (Å²) in [6, 6.07) is -1.80. The summed E-state index contributed by atoms with van der Waals surface area (Å²) in [6.07, 6.45) is 35.1. The molecule has 42 nitrogen and oxygen atoms in total. The molecule has 0 fully saturated rings. The van der Waals surface area contributed by atoms with Crippen molar-refractivity contribution in [2.45, 2.75) is 340 Å². The van der Waals surface area contributed by atoms with Gasteiger partial charge in [0, 0.05) is 141 Å². The number of ether oxygens (including phenoxy) is 8. The highest BCUT2D eigenvalue weighted by molar-refractivity contribution is 5.95. The topological polar surface area (TPSA) is 619 Å². The number of nitrogens with one attached hydrogen (secondary N) is 9. The Labute approximate surface area is 845 Å². The van der Waals surface area contributed by atoms with Gasteiger partial charge >= 0.3 is 29.8 Å². The van der Waals surface area contributed by atoms with Gasteiger partial charge in [-0.05, 0) is 90.9 Å². The zero-order valence-electron chi connectivity index (χ0n) is 85.7. The Hall–Kier alpha value is -9.24. The quantitative estimate of drug-likeness (QED) is 0.0274. The predicted molar refractivity (Wildman–Crippen MR) is 533 cm³/mol. The molecule has 42 heteroatoms. The van der Waals surface area contributed by atoms with Crippen LogP contribution >= 0.6 is 0 Å². The monoisotopic (exact) mass is 2040 g/mol. The van der Waals surface area contributed by atoms with Gasteiger partial charge in [0.05, 0.1) is 128 Å². The number of hydrogen-bond acceptors (Lipinski definition) is 29. The molecule has 1 heterocycles. The van der Waals surface area contributed by atoms with E-state index in [1.54, 1.807) is 0 Å². The van der Waals surface area contributed by atoms with E-state index in [1.807, 2.05) is 4.90 Å². The van der Waals surface area contributed by atoms with Crippen LogP contribution in [0.3, 0.4) is 0 Å². The lowest BCUT2D eigenvalue weighted by molar-refractivity contribution is -0.144. The van der Waals surface area contributed by atoms with Crippen LogP contribution < -0.4 is 48.3 Å². The number of aromatic amines is 1. The van der Waals surface area contributed by atoms with E-state index in [0.29, 0.717) is 83.2 Å². The number of nitrogens with zero attached hydrogens (tertiary/aromatic N) is 2. The largest absolute Gasteiger partial charge is 0.481 e. The lowest BCUT2D eigenvalue weighted by atomic mass is 9.94. The van der Waals surface area contributed by atoms with Crippen LogP contribution in [0, 0.1) is 11.8 Å². The zero-order chi connectivity index (χ0) is 105. The van der Waals surface area contributed by atoms with E-state index in [1.165, 1.54) is 90.6 Å². The number of carboxylic acids is 5. The minimum Gasteiger partial charge on any atom is -0.481 e. The number of imidazole rings is 1. The second-order valence-electron chi connectivity index (χ2n) is 36.9. The van der Waals surface area contributed by atoms with Crippen LogP contribution in [0.1, 0.15) is 321 Å². The Bertz CT molecular complexity index is 3550. The van der Waals surface area contributed by atoms with Crippen LogP contribution in [0.15, 0.2) is 12.5 Å². The molecule has 7 amide bonds. The van der Waals surface area contributed by atoms with E-state index < -0.39 is 71.0 Å². The number of carbonyl (C=O) groups is 17. The number of amides is 7. The molecule has 1 rings (SSSR count). The number of nitrogens with two attached hydrogens (primary N) is 1. The second-order valence-corrected chi connectivity index (χ2v) is 36.9. The van der Waals surface area contributed by atoms with Crippen LogP contribution in [0.4, 0.5) is 0 Å². The summed E-state index contributed by atoms with van der Waals surface area (Å²) in [4.78, 5) is 218. The van der Waals surface area contributed by atoms with Crippen LogP contribution in [0.5, 0.6) is 0 Å². The van der Waals surface area contributed by atoms with Crippen LogP contribution in [-0.2, 0) is 126 Å². The van der Waals surface area contributed by atoms with Gasteiger partial charge in [-0.15, -0.1) is 0 Å². The van der Waals surface area contributed by atoms with E-state index >= 15 is 0 Å². The molecule has 0 aliphatic carbocycles. The summed E-state index contributed by atoms with van der Waals surface area (Å²) in [6.45, 7) is 5.84. The Kier molecular flexibility index (Phi) is 83.2. The Morgan fingerprint density at radius 3 is 1.10 bits per heavy atom. The summed E-state index contributed by atoms with van der Waals surface area (Å²) in [5, 5.41) is 68.6. The lowest BCUT2D eigenvalue weighted by Gasteiger charge is -2.27. The maximum Gasteiger partial charge on any atom is 0.306 e. The average Bonchev–Trinajstić information content (AvgIpc) is 1.42. The Morgan fingerprint density at radius 2 is 0.706 bits per heavy atom. The Morgan fingerprint density at radius 1 is 0.357 bits per heavy atom. The second kappa shape index (κ2) is 90.3. The first-order valence-electron chi connectivity index (χ1n) is 52.3. The number of carboxylic acid groups (broad SMARTS) is 5. The van der Waals surface area contributed by atoms with Gasteiger partial charge in [-0.25, -0.2) is 4.98 Å². The third-order valence-corrected chi connectivity index (χ3v) is 23.7. The van der Waals surface area contributed by atoms with Gasteiger partial charge in [-0.3, -0.25) is 86.4 Å². The maximum absolute atomic E-state index is 13.2. The number of rotatable bonds is 106. The van der Waals surface area contributed by atoms with E-state index in [9.17, 15) is 91.7 Å². The highest BCUT2D eigenvalue weighted by Crippen LogP contribution is 2.21. The summed E-state index contributed by atoms with van der Waals surface area (Å²) in [5.74, 6) is -10.8. The Balaban J connectivity index is 2.34. The first-order valence-corrected chi connectivity index (χ1v) is 52.3. The van der Waals surface area contributed by atoms with Crippen molar-refractivity contribution in [1.29, 1.82) is 0 Å². The lowest BCUT2D eigenvalue weighted by Crippen LogP contribution is -2.57. The van der Waals surface area contributed by atoms with Crippen LogP contribution in [0.2, 0.25) is 0 Å². The number of Topliss-reactive ketones (excluding diaryl/α,β-unsaturated/α-hetero) is 5. The molecule has 0 bridgehead atoms. The molecule has 143 heavy (non-hydrogen) atoms. The standard InChI is InChI=1S/C101H176N12O30/c1-101(2,112-98(131)85(102)70-81-71-103-78-111-81)88(118)72-110-86(87(117)44-47-97(129)130)39-31-32-48-106-92(122)75-142-66-63-139-59-53-109-93(123)76-141-65-60-136-56-33-38-84(116)74-140-64-61-138-58-52-108-94(124)77-143-67-62-137-57-51-107-91(121)73-113(54-34-49-104-89(119)45-42-79(99(132)133)68-82(114)36-27-23-19-15-11-7-3-5-9-13-17-21-25-29-40-95(125)126)55-35-50-105-90(120)46-43-80(100(134)135)69-83(115)37-28-24-20-16-12-8-4-6-10-14-18-22-26-30-41-96(127)128/h71,78-80,85-86,110H,3-70,72-77,102H2,1-2H3,(H,103,111)(H,104,119)(H,105,120)(H,106,122)(H,107,121)(H,108,124)(H,109,123)(H,112,131)(H,125,126)(H,127,128)(H,129,130)(H,132,133)(H,134,135)/t79-,80-,85+,86+/m1/s1. The molecule has 1 aromatic rings. The molecule has 4 atom stereocenters. The van der Waals surface area contributed by atoms with Gasteiger partial charge in [0.2, 0.25) is 41.4 Å². The number of carbonyl (C=O) groups excluding carboxylic acids is 12. The van der Waals surface area contributed by atoms with Gasteiger partial charge in [0.25, 0.3) is 0 Å². The molecule has 0 saturated heterocycles. The molecule has 1 aromatic heterocycles.